The molecule has 0 aromatic carbocycles. The summed E-state index contributed by atoms with van der Waals surface area (Å²) in [7, 11) is 3.68. The van der Waals surface area contributed by atoms with E-state index in [2.05, 4.69) is 15.2 Å². The van der Waals surface area contributed by atoms with Gasteiger partial charge in [0.15, 0.2) is 0 Å². The summed E-state index contributed by atoms with van der Waals surface area (Å²) in [6.45, 7) is 2.68. The van der Waals surface area contributed by atoms with Crippen LogP contribution in [0.2, 0.25) is 5.02 Å². The van der Waals surface area contributed by atoms with E-state index in [1.165, 1.54) is 0 Å². The van der Waals surface area contributed by atoms with E-state index >= 15 is 0 Å². The van der Waals surface area contributed by atoms with E-state index in [0.29, 0.717) is 12.6 Å². The molecule has 0 unspecified atom stereocenters. The number of aromatic nitrogens is 1. The van der Waals surface area contributed by atoms with Crippen LogP contribution in [0.4, 0.5) is 5.82 Å². The highest BCUT2D eigenvalue weighted by Gasteiger charge is 2.20. The number of hydrogen-bond acceptors (Lipinski definition) is 4. The zero-order valence-corrected chi connectivity index (χ0v) is 11.7. The van der Waals surface area contributed by atoms with Crippen LogP contribution in [-0.4, -0.2) is 38.3 Å². The summed E-state index contributed by atoms with van der Waals surface area (Å²) in [4.78, 5) is 6.92. The van der Waals surface area contributed by atoms with Crippen molar-refractivity contribution in [3.63, 3.8) is 0 Å². The van der Waals surface area contributed by atoms with E-state index in [0.717, 1.165) is 42.5 Å². The highest BCUT2D eigenvalue weighted by molar-refractivity contribution is 6.31. The van der Waals surface area contributed by atoms with E-state index in [4.69, 9.17) is 16.3 Å². The normalized spacial score (nSPS) is 17.2. The van der Waals surface area contributed by atoms with Crippen molar-refractivity contribution in [2.45, 2.75) is 25.5 Å². The Kier molecular flexibility index (Phi) is 4.80. The van der Waals surface area contributed by atoms with Crippen LogP contribution in [0.25, 0.3) is 0 Å². The molecule has 4 nitrogen and oxygen atoms in total. The van der Waals surface area contributed by atoms with Crippen LogP contribution in [0, 0.1) is 0 Å². The molecule has 0 bridgehead atoms. The molecule has 0 amide bonds. The number of nitrogens with zero attached hydrogens (tertiary/aromatic N) is 2. The van der Waals surface area contributed by atoms with Gasteiger partial charge in [-0.15, -0.1) is 0 Å². The maximum atomic E-state index is 6.12. The lowest BCUT2D eigenvalue weighted by Crippen LogP contribution is -2.37. The molecule has 0 aliphatic carbocycles. The first-order chi connectivity index (χ1) is 8.74. The summed E-state index contributed by atoms with van der Waals surface area (Å²) < 4.78 is 5.38. The Labute approximate surface area is 113 Å². The molecule has 0 atom stereocenters. The lowest BCUT2D eigenvalue weighted by atomic mass is 10.1. The molecule has 2 heterocycles. The van der Waals surface area contributed by atoms with Gasteiger partial charge in [0.2, 0.25) is 0 Å². The second kappa shape index (κ2) is 6.36. The Hall–Kier alpha value is -0.840. The van der Waals surface area contributed by atoms with Gasteiger partial charge >= 0.3 is 0 Å². The van der Waals surface area contributed by atoms with Crippen LogP contribution in [0.5, 0.6) is 0 Å². The molecule has 100 valence electrons. The summed E-state index contributed by atoms with van der Waals surface area (Å²) in [6, 6.07) is 3.92. The number of halogens is 1. The molecule has 1 aliphatic rings. The Morgan fingerprint density at radius 2 is 2.17 bits per heavy atom. The molecule has 18 heavy (non-hydrogen) atoms. The summed E-state index contributed by atoms with van der Waals surface area (Å²) in [6.07, 6.45) is 2.51. The minimum absolute atomic E-state index is 0.394. The maximum absolute atomic E-state index is 6.12. The first-order valence-corrected chi connectivity index (χ1v) is 6.70. The van der Waals surface area contributed by atoms with Crippen molar-refractivity contribution in [2.75, 3.05) is 32.1 Å². The Morgan fingerprint density at radius 3 is 2.78 bits per heavy atom. The average Bonchev–Trinajstić information content (AvgIpc) is 2.42. The third kappa shape index (κ3) is 3.13. The second-order valence-electron chi connectivity index (χ2n) is 4.55. The van der Waals surface area contributed by atoms with Crippen molar-refractivity contribution >= 4 is 17.4 Å². The number of nitrogens with one attached hydrogen (secondary N) is 1. The molecular formula is C13H20ClN3O. The van der Waals surface area contributed by atoms with E-state index in [9.17, 15) is 0 Å². The van der Waals surface area contributed by atoms with Crippen LogP contribution in [0.15, 0.2) is 12.1 Å². The molecule has 1 fully saturated rings. The highest BCUT2D eigenvalue weighted by Crippen LogP contribution is 2.23. The molecule has 1 N–H and O–H groups in total. The Bertz CT molecular complexity index is 392. The van der Waals surface area contributed by atoms with Crippen LogP contribution in [0.1, 0.15) is 18.5 Å². The quantitative estimate of drug-likeness (QED) is 0.908. The van der Waals surface area contributed by atoms with Crippen LogP contribution in [0.3, 0.4) is 0 Å². The largest absolute Gasteiger partial charge is 0.381 e. The first kappa shape index (κ1) is 13.6. The van der Waals surface area contributed by atoms with Crippen molar-refractivity contribution in [1.29, 1.82) is 0 Å². The minimum Gasteiger partial charge on any atom is -0.381 e. The molecule has 1 aliphatic heterocycles. The summed E-state index contributed by atoms with van der Waals surface area (Å²) in [5.74, 6) is 1.01. The lowest BCUT2D eigenvalue weighted by molar-refractivity contribution is 0.0818. The Morgan fingerprint density at radius 1 is 1.44 bits per heavy atom. The van der Waals surface area contributed by atoms with Gasteiger partial charge < -0.3 is 15.0 Å². The van der Waals surface area contributed by atoms with Gasteiger partial charge in [-0.1, -0.05) is 11.6 Å². The molecule has 0 saturated carbocycles. The third-order valence-electron chi connectivity index (χ3n) is 3.35. The average molecular weight is 270 g/mol. The van der Waals surface area contributed by atoms with Crippen LogP contribution < -0.4 is 10.2 Å². The molecule has 0 radical (unpaired) electrons. The van der Waals surface area contributed by atoms with Gasteiger partial charge in [0.25, 0.3) is 0 Å². The summed E-state index contributed by atoms with van der Waals surface area (Å²) >= 11 is 6.12. The van der Waals surface area contributed by atoms with E-state index in [1.54, 1.807) is 7.11 Å². The SMILES string of the molecule is CNCc1nc(N2CCC(OC)CC2)ccc1Cl. The predicted octanol–water partition coefficient (Wildman–Crippen LogP) is 2.07. The maximum Gasteiger partial charge on any atom is 0.128 e. The zero-order valence-electron chi connectivity index (χ0n) is 10.9. The molecule has 2 rings (SSSR count). The Balaban J connectivity index is 2.07. The first-order valence-electron chi connectivity index (χ1n) is 6.32. The number of methoxy groups -OCH3 is 1. The fraction of sp³-hybridized carbons (Fsp3) is 0.615. The summed E-state index contributed by atoms with van der Waals surface area (Å²) in [5, 5.41) is 3.81. The van der Waals surface area contributed by atoms with E-state index in [1.807, 2.05) is 19.2 Å². The number of rotatable bonds is 4. The molecule has 5 heteroatoms. The van der Waals surface area contributed by atoms with Crippen molar-refractivity contribution in [2.24, 2.45) is 0 Å². The standard InChI is InChI=1S/C13H20ClN3O/c1-15-9-12-11(14)3-4-13(16-12)17-7-5-10(18-2)6-8-17/h3-4,10,15H,5-9H2,1-2H3. The van der Waals surface area contributed by atoms with Crippen molar-refractivity contribution < 1.29 is 4.74 Å². The van der Waals surface area contributed by atoms with E-state index in [-0.39, 0.29) is 0 Å². The van der Waals surface area contributed by atoms with Gasteiger partial charge in [0, 0.05) is 26.7 Å². The molecule has 1 aromatic heterocycles. The fourth-order valence-corrected chi connectivity index (χ4v) is 2.43. The van der Waals surface area contributed by atoms with Gasteiger partial charge in [-0.25, -0.2) is 4.98 Å². The van der Waals surface area contributed by atoms with Gasteiger partial charge in [0.1, 0.15) is 5.82 Å². The lowest BCUT2D eigenvalue weighted by Gasteiger charge is -2.32. The van der Waals surface area contributed by atoms with Gasteiger partial charge in [-0.05, 0) is 32.0 Å². The van der Waals surface area contributed by atoms with Gasteiger partial charge in [0.05, 0.1) is 16.8 Å². The fourth-order valence-electron chi connectivity index (χ4n) is 2.26. The zero-order chi connectivity index (χ0) is 13.0. The van der Waals surface area contributed by atoms with E-state index < -0.39 is 0 Å². The molecule has 0 spiro atoms. The third-order valence-corrected chi connectivity index (χ3v) is 3.69. The number of anilines is 1. The molecule has 1 saturated heterocycles. The van der Waals surface area contributed by atoms with Gasteiger partial charge in [-0.3, -0.25) is 0 Å². The predicted molar refractivity (Wildman–Crippen MR) is 74.3 cm³/mol. The number of hydrogen-bond donors (Lipinski definition) is 1. The topological polar surface area (TPSA) is 37.4 Å². The highest BCUT2D eigenvalue weighted by atomic mass is 35.5. The monoisotopic (exact) mass is 269 g/mol. The summed E-state index contributed by atoms with van der Waals surface area (Å²) in [5.41, 5.74) is 0.908. The second-order valence-corrected chi connectivity index (χ2v) is 4.96. The number of piperidine rings is 1. The van der Waals surface area contributed by atoms with Crippen LogP contribution >= 0.6 is 11.6 Å². The minimum atomic E-state index is 0.394. The van der Waals surface area contributed by atoms with Crippen molar-refractivity contribution in [1.82, 2.24) is 10.3 Å². The van der Waals surface area contributed by atoms with Crippen LogP contribution in [-0.2, 0) is 11.3 Å². The smallest absolute Gasteiger partial charge is 0.128 e. The van der Waals surface area contributed by atoms with Gasteiger partial charge in [-0.2, -0.15) is 0 Å². The van der Waals surface area contributed by atoms with Crippen molar-refractivity contribution in [3.05, 3.63) is 22.8 Å². The molecule has 1 aromatic rings. The number of ether oxygens (including phenoxy) is 1. The molecular weight excluding hydrogens is 250 g/mol. The van der Waals surface area contributed by atoms with Crippen molar-refractivity contribution in [3.8, 4) is 0 Å². The number of pyridine rings is 1.